The lowest BCUT2D eigenvalue weighted by atomic mass is 9.51. The number of benzene rings is 3. The number of rotatable bonds is 4. The maximum Gasteiger partial charge on any atom is 0.340 e. The predicted octanol–water partition coefficient (Wildman–Crippen LogP) is 3.65. The first-order valence-corrected chi connectivity index (χ1v) is 11.4. The van der Waals surface area contributed by atoms with Gasteiger partial charge in [0.05, 0.1) is 23.8 Å². The average Bonchev–Trinajstić information content (AvgIpc) is 3.14. The molecule has 1 fully saturated rings. The summed E-state index contributed by atoms with van der Waals surface area (Å²) in [5.41, 5.74) is 0.492. The molecular weight excluding hydrogens is 448 g/mol. The first kappa shape index (κ1) is 21.2. The van der Waals surface area contributed by atoms with Crippen molar-refractivity contribution in [3.05, 3.63) is 111 Å². The summed E-state index contributed by atoms with van der Waals surface area (Å²) >= 11 is 0. The minimum atomic E-state index is -1.91. The minimum Gasteiger partial charge on any atom is -0.462 e. The minimum absolute atomic E-state index is 0.0622. The van der Waals surface area contributed by atoms with E-state index >= 15 is 0 Å². The van der Waals surface area contributed by atoms with Crippen LogP contribution in [0.25, 0.3) is 0 Å². The highest BCUT2D eigenvalue weighted by Gasteiger charge is 2.75. The molecule has 35 heavy (non-hydrogen) atoms. The van der Waals surface area contributed by atoms with Crippen LogP contribution in [-0.2, 0) is 19.9 Å². The van der Waals surface area contributed by atoms with Gasteiger partial charge < -0.3 is 4.74 Å². The lowest BCUT2D eigenvalue weighted by Crippen LogP contribution is -2.57. The Bertz CT molecular complexity index is 1400. The van der Waals surface area contributed by atoms with E-state index in [-0.39, 0.29) is 17.9 Å². The van der Waals surface area contributed by atoms with Gasteiger partial charge in [0.25, 0.3) is 5.54 Å². The van der Waals surface area contributed by atoms with Crippen molar-refractivity contribution in [1.82, 2.24) is 0 Å². The Balaban J connectivity index is 1.62. The van der Waals surface area contributed by atoms with E-state index < -0.39 is 46.0 Å². The molecule has 1 saturated heterocycles. The van der Waals surface area contributed by atoms with E-state index in [2.05, 4.69) is 0 Å². The Kier molecular flexibility index (Phi) is 4.45. The molecule has 4 aliphatic rings. The van der Waals surface area contributed by atoms with Crippen molar-refractivity contribution in [3.8, 4) is 0 Å². The summed E-state index contributed by atoms with van der Waals surface area (Å²) < 4.78 is 5.13. The summed E-state index contributed by atoms with van der Waals surface area (Å²) in [4.78, 5) is 54.2. The van der Waals surface area contributed by atoms with Crippen LogP contribution in [0.1, 0.15) is 45.5 Å². The number of anilines is 1. The van der Waals surface area contributed by atoms with E-state index in [0.717, 1.165) is 4.90 Å². The van der Waals surface area contributed by atoms with Gasteiger partial charge in [-0.05, 0) is 30.2 Å². The van der Waals surface area contributed by atoms with Crippen molar-refractivity contribution in [2.24, 2.45) is 11.8 Å². The Morgan fingerprint density at radius 3 is 2.11 bits per heavy atom. The van der Waals surface area contributed by atoms with Crippen LogP contribution in [0.4, 0.5) is 5.69 Å². The van der Waals surface area contributed by atoms with Crippen LogP contribution in [0.15, 0.2) is 72.8 Å². The highest BCUT2D eigenvalue weighted by Crippen LogP contribution is 2.64. The van der Waals surface area contributed by atoms with E-state index in [1.807, 2.05) is 0 Å². The van der Waals surface area contributed by atoms with Crippen molar-refractivity contribution in [2.45, 2.75) is 18.4 Å². The third-order valence-electron chi connectivity index (χ3n) is 7.50. The van der Waals surface area contributed by atoms with Crippen molar-refractivity contribution in [2.75, 3.05) is 11.5 Å². The fraction of sp³-hybridized carbons (Fsp3) is 0.222. The highest BCUT2D eigenvalue weighted by molar-refractivity contribution is 6.25. The van der Waals surface area contributed by atoms with Gasteiger partial charge in [-0.15, -0.1) is 0 Å². The number of carbonyl (C=O) groups is 3. The lowest BCUT2D eigenvalue weighted by Gasteiger charge is -2.48. The summed E-state index contributed by atoms with van der Waals surface area (Å²) in [6.07, 6.45) is 0. The third-order valence-corrected chi connectivity index (χ3v) is 7.50. The number of hydrogen-bond donors (Lipinski definition) is 0. The smallest absolute Gasteiger partial charge is 0.340 e. The number of carbonyl (C=O) groups excluding carboxylic acids is 3. The largest absolute Gasteiger partial charge is 0.462 e. The molecule has 0 saturated carbocycles. The number of imide groups is 1. The SMILES string of the molecule is CCOC(=O)c1ccccc1N1C(=O)[C@@H]2[C@@H](C1=O)C1c3ccccc3C2([N+](=O)[O-])c2ccccc21. The molecule has 7 rings (SSSR count). The summed E-state index contributed by atoms with van der Waals surface area (Å²) in [5, 5.41) is 13.0. The Hall–Kier alpha value is -4.33. The van der Waals surface area contributed by atoms with Gasteiger partial charge in [-0.3, -0.25) is 19.7 Å². The van der Waals surface area contributed by atoms with Gasteiger partial charge in [0.1, 0.15) is 5.92 Å². The number of nitrogens with zero attached hydrogens (tertiary/aromatic N) is 2. The Morgan fingerprint density at radius 1 is 0.943 bits per heavy atom. The third kappa shape index (κ3) is 2.48. The van der Waals surface area contributed by atoms with E-state index in [0.29, 0.717) is 22.3 Å². The fourth-order valence-electron chi connectivity index (χ4n) is 6.33. The number of ether oxygens (including phenoxy) is 1. The van der Waals surface area contributed by atoms with Crippen molar-refractivity contribution >= 4 is 23.5 Å². The molecule has 2 bridgehead atoms. The average molecular weight is 468 g/mol. The molecular formula is C27H20N2O6. The Labute approximate surface area is 200 Å². The summed E-state index contributed by atoms with van der Waals surface area (Å²) in [6, 6.07) is 20.2. The van der Waals surface area contributed by atoms with Crippen LogP contribution >= 0.6 is 0 Å². The lowest BCUT2D eigenvalue weighted by molar-refractivity contribution is -0.578. The molecule has 3 aliphatic carbocycles. The van der Waals surface area contributed by atoms with Crippen LogP contribution in [-0.4, -0.2) is 29.3 Å². The standard InChI is InChI=1S/C27H20N2O6/c1-2-35-26(32)17-11-5-8-14-20(17)28-24(30)22-21-15-9-3-6-12-18(15)27(29(33)34,23(22)25(28)31)19-13-7-4-10-16(19)21/h3-14,21-23H,2H2,1H3/t21?,22-,23-,27?/m0/s1. The second-order valence-electron chi connectivity index (χ2n) is 8.93. The molecule has 0 spiro atoms. The number of amides is 2. The highest BCUT2D eigenvalue weighted by atomic mass is 16.6. The number of esters is 1. The monoisotopic (exact) mass is 468 g/mol. The molecule has 1 heterocycles. The van der Waals surface area contributed by atoms with Gasteiger partial charge in [0.15, 0.2) is 0 Å². The van der Waals surface area contributed by atoms with Gasteiger partial charge in [0, 0.05) is 22.0 Å². The zero-order chi connectivity index (χ0) is 24.5. The second-order valence-corrected chi connectivity index (χ2v) is 8.93. The molecule has 0 N–H and O–H groups in total. The molecule has 8 heteroatoms. The van der Waals surface area contributed by atoms with Crippen LogP contribution in [0.2, 0.25) is 0 Å². The van der Waals surface area contributed by atoms with Crippen LogP contribution in [0, 0.1) is 22.0 Å². The molecule has 8 nitrogen and oxygen atoms in total. The van der Waals surface area contributed by atoms with Crippen LogP contribution in [0.5, 0.6) is 0 Å². The van der Waals surface area contributed by atoms with Crippen LogP contribution < -0.4 is 4.90 Å². The van der Waals surface area contributed by atoms with Crippen molar-refractivity contribution < 1.29 is 24.0 Å². The topological polar surface area (TPSA) is 107 Å². The summed E-state index contributed by atoms with van der Waals surface area (Å²) in [7, 11) is 0. The van der Waals surface area contributed by atoms with Crippen LogP contribution in [0.3, 0.4) is 0 Å². The molecule has 1 aliphatic heterocycles. The van der Waals surface area contributed by atoms with E-state index in [1.165, 1.54) is 12.1 Å². The van der Waals surface area contributed by atoms with Gasteiger partial charge in [-0.1, -0.05) is 60.7 Å². The predicted molar refractivity (Wildman–Crippen MR) is 124 cm³/mol. The Morgan fingerprint density at radius 2 is 1.51 bits per heavy atom. The van der Waals surface area contributed by atoms with E-state index in [9.17, 15) is 24.5 Å². The van der Waals surface area contributed by atoms with Gasteiger partial charge in [-0.25, -0.2) is 9.69 Å². The first-order chi connectivity index (χ1) is 16.9. The fourth-order valence-corrected chi connectivity index (χ4v) is 6.33. The maximum absolute atomic E-state index is 14.1. The van der Waals surface area contributed by atoms with Gasteiger partial charge >= 0.3 is 5.97 Å². The van der Waals surface area contributed by atoms with Crippen molar-refractivity contribution in [1.29, 1.82) is 0 Å². The maximum atomic E-state index is 14.1. The number of nitro groups is 1. The molecule has 0 aromatic heterocycles. The first-order valence-electron chi connectivity index (χ1n) is 11.4. The van der Waals surface area contributed by atoms with Crippen molar-refractivity contribution in [3.63, 3.8) is 0 Å². The zero-order valence-corrected chi connectivity index (χ0v) is 18.7. The molecule has 0 unspecified atom stereocenters. The van der Waals surface area contributed by atoms with Gasteiger partial charge in [-0.2, -0.15) is 0 Å². The quantitative estimate of drug-likeness (QED) is 0.250. The molecule has 2 amide bonds. The van der Waals surface area contributed by atoms with E-state index in [1.54, 1.807) is 67.6 Å². The van der Waals surface area contributed by atoms with E-state index in [4.69, 9.17) is 4.74 Å². The summed E-state index contributed by atoms with van der Waals surface area (Å²) in [6.45, 7) is 1.78. The normalized spacial score (nSPS) is 25.6. The summed E-state index contributed by atoms with van der Waals surface area (Å²) in [5.74, 6) is -4.61. The molecule has 174 valence electrons. The molecule has 3 aromatic rings. The zero-order valence-electron chi connectivity index (χ0n) is 18.7. The molecule has 2 atom stereocenters. The molecule has 3 aromatic carbocycles. The second kappa shape index (κ2) is 7.33. The van der Waals surface area contributed by atoms with Gasteiger partial charge in [0.2, 0.25) is 11.8 Å². The number of para-hydroxylation sites is 1. The number of hydrogen-bond acceptors (Lipinski definition) is 6. The molecule has 0 radical (unpaired) electrons.